The van der Waals surface area contributed by atoms with Crippen LogP contribution in [-0.2, 0) is 28.6 Å². The van der Waals surface area contributed by atoms with Gasteiger partial charge >= 0.3 is 0 Å². The molecule has 2 atom stereocenters. The first-order valence-corrected chi connectivity index (χ1v) is 10.5. The molecule has 0 unspecified atom stereocenters. The van der Waals surface area contributed by atoms with E-state index in [0.717, 1.165) is 5.06 Å². The van der Waals surface area contributed by atoms with Crippen molar-refractivity contribution in [2.75, 3.05) is 33.5 Å². The van der Waals surface area contributed by atoms with E-state index in [2.05, 4.69) is 16.1 Å². The molecule has 186 valence electrons. The number of hydrogen-bond donors (Lipinski definition) is 3. The van der Waals surface area contributed by atoms with Gasteiger partial charge in [0.15, 0.2) is 11.6 Å². The summed E-state index contributed by atoms with van der Waals surface area (Å²) in [6, 6.07) is 6.64. The van der Waals surface area contributed by atoms with Crippen molar-refractivity contribution in [1.82, 2.24) is 10.5 Å². The van der Waals surface area contributed by atoms with Crippen LogP contribution < -0.4 is 17.2 Å². The summed E-state index contributed by atoms with van der Waals surface area (Å²) >= 11 is 0. The molecule has 4 rings (SSSR count). The van der Waals surface area contributed by atoms with Crippen LogP contribution in [-0.4, -0.2) is 74.1 Å². The number of rotatable bonds is 5. The lowest BCUT2D eigenvalue weighted by Crippen LogP contribution is -2.34. The summed E-state index contributed by atoms with van der Waals surface area (Å²) in [5.74, 6) is 7.45. The van der Waals surface area contributed by atoms with E-state index in [0.29, 0.717) is 30.9 Å². The van der Waals surface area contributed by atoms with Gasteiger partial charge in [-0.2, -0.15) is 0 Å². The summed E-state index contributed by atoms with van der Waals surface area (Å²) in [4.78, 5) is 33.8. The monoisotopic (exact) mass is 470 g/mol. The molecule has 0 spiro atoms. The number of imide groups is 1. The quantitative estimate of drug-likeness (QED) is 0.312. The summed E-state index contributed by atoms with van der Waals surface area (Å²) in [6.45, 7) is 8.75. The number of benzene rings is 1. The van der Waals surface area contributed by atoms with Crippen molar-refractivity contribution in [3.05, 3.63) is 35.4 Å². The van der Waals surface area contributed by atoms with Crippen LogP contribution in [0.2, 0.25) is 0 Å². The molecule has 0 radical (unpaired) electrons. The normalized spacial score (nSPS) is 24.6. The lowest BCUT2D eigenvalue weighted by atomic mass is 10.1. The minimum Gasteiger partial charge on any atom is -0.348 e. The van der Waals surface area contributed by atoms with E-state index in [9.17, 15) is 9.59 Å². The molecule has 2 saturated heterocycles. The Morgan fingerprint density at radius 1 is 0.970 bits per heavy atom. The Kier molecular flexibility index (Phi) is 9.84. The molecule has 2 amide bonds. The molecule has 3 aliphatic heterocycles. The van der Waals surface area contributed by atoms with Crippen LogP contribution >= 0.6 is 0 Å². The highest BCUT2D eigenvalue weighted by molar-refractivity contribution is 6.20. The van der Waals surface area contributed by atoms with E-state index in [1.807, 2.05) is 13.8 Å². The number of fused-ring (bicyclic) bond motifs is 1. The van der Waals surface area contributed by atoms with Crippen LogP contribution in [0.15, 0.2) is 24.3 Å². The summed E-state index contributed by atoms with van der Waals surface area (Å²) < 4.78 is 21.6. The minimum absolute atomic E-state index is 0.0139. The number of nitrogens with zero attached hydrogens (tertiary/aromatic N) is 1. The van der Waals surface area contributed by atoms with Crippen LogP contribution in [0, 0.1) is 0 Å². The molecular weight excluding hydrogens is 436 g/mol. The second kappa shape index (κ2) is 11.9. The molecule has 1 aromatic carbocycles. The standard InChI is InChI=1S/C14H15NO5.C6H13NO3.CH6N2/c1-14(2)18-7-9(20-14)8-19-15-12(16)10-5-3-4-6-11(10)13(15)17;1-6(2)8-3-5(10-6)4-9-7;1-3-2/h3-6,9H,7-8H2,1-2H3;5H,3-4,7H2,1-2H3;3H,2H2,1H3/t9-;5-;/m11./s1. The third-order valence-corrected chi connectivity index (χ3v) is 4.56. The largest absolute Gasteiger partial charge is 0.348 e. The zero-order valence-electron chi connectivity index (χ0n) is 19.7. The molecule has 0 bridgehead atoms. The maximum absolute atomic E-state index is 12.0. The van der Waals surface area contributed by atoms with Gasteiger partial charge in [-0.25, -0.2) is 5.90 Å². The average molecular weight is 471 g/mol. The zero-order valence-corrected chi connectivity index (χ0v) is 19.7. The molecule has 0 saturated carbocycles. The highest BCUT2D eigenvalue weighted by Gasteiger charge is 2.39. The number of nitrogens with two attached hydrogens (primary N) is 2. The summed E-state index contributed by atoms with van der Waals surface area (Å²) in [5.41, 5.74) is 2.97. The second-order valence-electron chi connectivity index (χ2n) is 8.27. The number of hydroxylamine groups is 2. The Hall–Kier alpha value is -2.00. The maximum Gasteiger partial charge on any atom is 0.285 e. The Balaban J connectivity index is 0.000000249. The molecule has 3 heterocycles. The molecular formula is C21H34N4O8. The first-order chi connectivity index (χ1) is 15.5. The number of nitrogens with one attached hydrogen (secondary N) is 1. The fourth-order valence-electron chi connectivity index (χ4n) is 3.24. The first kappa shape index (κ1) is 27.2. The number of hydrazine groups is 1. The number of carbonyl (C=O) groups excluding carboxylic acids is 2. The molecule has 12 heteroatoms. The van der Waals surface area contributed by atoms with Crippen LogP contribution in [0.4, 0.5) is 0 Å². The van der Waals surface area contributed by atoms with Crippen LogP contribution in [0.5, 0.6) is 0 Å². The van der Waals surface area contributed by atoms with E-state index in [-0.39, 0.29) is 18.8 Å². The molecule has 2 fully saturated rings. The number of amides is 2. The molecule has 0 aliphatic carbocycles. The van der Waals surface area contributed by atoms with Crippen molar-refractivity contribution in [1.29, 1.82) is 0 Å². The average Bonchev–Trinajstić information content (AvgIpc) is 3.36. The predicted octanol–water partition coefficient (Wildman–Crippen LogP) is 0.473. The SMILES string of the molecule is CC1(C)OC[C@H](CON)O1.CC1(C)OC[C@H](CON2C(=O)c3ccccc3C2=O)O1.CNN. The van der Waals surface area contributed by atoms with Gasteiger partial charge in [0.25, 0.3) is 11.8 Å². The summed E-state index contributed by atoms with van der Waals surface area (Å²) in [7, 11) is 1.65. The fraction of sp³-hybridized carbons (Fsp3) is 0.619. The Bertz CT molecular complexity index is 769. The van der Waals surface area contributed by atoms with E-state index in [1.165, 1.54) is 0 Å². The van der Waals surface area contributed by atoms with Gasteiger partial charge in [-0.3, -0.25) is 25.7 Å². The topological polar surface area (TPSA) is 157 Å². The van der Waals surface area contributed by atoms with E-state index >= 15 is 0 Å². The Morgan fingerprint density at radius 2 is 1.39 bits per heavy atom. The summed E-state index contributed by atoms with van der Waals surface area (Å²) in [6.07, 6.45) is -0.311. The van der Waals surface area contributed by atoms with Gasteiger partial charge in [-0.05, 0) is 46.9 Å². The minimum atomic E-state index is -0.657. The third kappa shape index (κ3) is 7.78. The summed E-state index contributed by atoms with van der Waals surface area (Å²) in [5, 5.41) is 0.791. The van der Waals surface area contributed by atoms with E-state index < -0.39 is 23.4 Å². The van der Waals surface area contributed by atoms with Crippen molar-refractivity contribution in [3.8, 4) is 0 Å². The van der Waals surface area contributed by atoms with Gasteiger partial charge in [-0.1, -0.05) is 12.1 Å². The number of carbonyl (C=O) groups is 2. The molecule has 3 aliphatic rings. The smallest absolute Gasteiger partial charge is 0.285 e. The molecule has 0 aromatic heterocycles. The van der Waals surface area contributed by atoms with Gasteiger partial charge in [0.05, 0.1) is 30.9 Å². The number of hydrogen-bond acceptors (Lipinski definition) is 11. The molecule has 1 aromatic rings. The predicted molar refractivity (Wildman–Crippen MR) is 116 cm³/mol. The highest BCUT2D eigenvalue weighted by Crippen LogP contribution is 2.25. The van der Waals surface area contributed by atoms with Crippen molar-refractivity contribution >= 4 is 11.8 Å². The van der Waals surface area contributed by atoms with Crippen LogP contribution in [0.25, 0.3) is 0 Å². The van der Waals surface area contributed by atoms with Crippen molar-refractivity contribution in [3.63, 3.8) is 0 Å². The lowest BCUT2D eigenvalue weighted by molar-refractivity contribution is -0.163. The maximum atomic E-state index is 12.0. The van der Waals surface area contributed by atoms with Crippen LogP contribution in [0.1, 0.15) is 48.4 Å². The van der Waals surface area contributed by atoms with Gasteiger partial charge in [0.2, 0.25) is 0 Å². The lowest BCUT2D eigenvalue weighted by Gasteiger charge is -2.18. The van der Waals surface area contributed by atoms with E-state index in [4.69, 9.17) is 29.7 Å². The van der Waals surface area contributed by atoms with Crippen LogP contribution in [0.3, 0.4) is 0 Å². The molecule has 33 heavy (non-hydrogen) atoms. The third-order valence-electron chi connectivity index (χ3n) is 4.56. The number of ether oxygens (including phenoxy) is 4. The van der Waals surface area contributed by atoms with Crippen molar-refractivity contribution in [2.24, 2.45) is 11.7 Å². The van der Waals surface area contributed by atoms with Crippen molar-refractivity contribution in [2.45, 2.75) is 51.5 Å². The van der Waals surface area contributed by atoms with E-state index in [1.54, 1.807) is 45.2 Å². The van der Waals surface area contributed by atoms with Gasteiger partial charge in [-0.15, -0.1) is 5.06 Å². The zero-order chi connectivity index (χ0) is 24.6. The first-order valence-electron chi connectivity index (χ1n) is 10.5. The van der Waals surface area contributed by atoms with Gasteiger partial charge in [0, 0.05) is 0 Å². The Morgan fingerprint density at radius 3 is 1.76 bits per heavy atom. The second-order valence-corrected chi connectivity index (χ2v) is 8.27. The highest BCUT2D eigenvalue weighted by atomic mass is 16.8. The molecule has 12 nitrogen and oxygen atoms in total. The Labute approximate surface area is 193 Å². The van der Waals surface area contributed by atoms with Gasteiger partial charge < -0.3 is 23.8 Å². The fourth-order valence-corrected chi connectivity index (χ4v) is 3.24. The van der Waals surface area contributed by atoms with Gasteiger partial charge in [0.1, 0.15) is 18.8 Å². The molecule has 5 N–H and O–H groups in total. The van der Waals surface area contributed by atoms with Crippen molar-refractivity contribution < 1.29 is 38.2 Å².